The molecule has 5 atom stereocenters. The molecule has 5 rings (SSSR count). The number of hydrogen-bond acceptors (Lipinski definition) is 7. The number of nitro benzene ring substituents is 2. The minimum atomic E-state index is -1.06. The van der Waals surface area contributed by atoms with Crippen molar-refractivity contribution in [3.8, 4) is 0 Å². The van der Waals surface area contributed by atoms with Gasteiger partial charge in [0.2, 0.25) is 0 Å². The Balaban J connectivity index is 1.60. The molecule has 0 bridgehead atoms. The van der Waals surface area contributed by atoms with Crippen molar-refractivity contribution in [1.29, 1.82) is 0 Å². The van der Waals surface area contributed by atoms with Crippen LogP contribution in [0.2, 0.25) is 0 Å². The number of para-hydroxylation sites is 2. The first-order valence-electron chi connectivity index (χ1n) is 11.2. The lowest BCUT2D eigenvalue weighted by Crippen LogP contribution is -2.31. The summed E-state index contributed by atoms with van der Waals surface area (Å²) in [6.07, 6.45) is 0.524. The predicted molar refractivity (Wildman–Crippen MR) is 136 cm³/mol. The van der Waals surface area contributed by atoms with Crippen LogP contribution < -0.4 is 5.32 Å². The minimum Gasteiger partial charge on any atom is -0.478 e. The molecule has 11 heteroatoms. The van der Waals surface area contributed by atoms with Crippen LogP contribution in [-0.2, 0) is 0 Å². The number of benzene rings is 3. The van der Waals surface area contributed by atoms with Crippen LogP contribution in [0, 0.1) is 26.1 Å². The summed E-state index contributed by atoms with van der Waals surface area (Å²) in [6, 6.07) is 17.3. The molecule has 184 valence electrons. The van der Waals surface area contributed by atoms with E-state index >= 15 is 0 Å². The number of carboxylic acid groups (broad SMARTS) is 1. The second-order valence-electron chi connectivity index (χ2n) is 8.80. The number of aromatic carboxylic acids is 1. The number of rotatable bonds is 6. The first-order chi connectivity index (χ1) is 17.3. The van der Waals surface area contributed by atoms with Crippen molar-refractivity contribution in [3.05, 3.63) is 104 Å². The summed E-state index contributed by atoms with van der Waals surface area (Å²) in [5, 5.41) is 35.6. The van der Waals surface area contributed by atoms with E-state index in [9.17, 15) is 30.1 Å². The van der Waals surface area contributed by atoms with E-state index in [1.807, 2.05) is 0 Å². The molecule has 0 radical (unpaired) electrons. The molecule has 9 nitrogen and oxygen atoms in total. The third kappa shape index (κ3) is 4.16. The van der Waals surface area contributed by atoms with Crippen LogP contribution in [0.15, 0.2) is 71.6 Å². The zero-order chi connectivity index (χ0) is 25.6. The Morgan fingerprint density at radius 3 is 2.33 bits per heavy atom. The van der Waals surface area contributed by atoms with Gasteiger partial charge in [0.1, 0.15) is 0 Å². The normalized spacial score (nSPS) is 24.3. The van der Waals surface area contributed by atoms with E-state index in [2.05, 4.69) is 5.32 Å². The summed E-state index contributed by atoms with van der Waals surface area (Å²) in [4.78, 5) is 34.7. The molecule has 1 aliphatic carbocycles. The van der Waals surface area contributed by atoms with E-state index in [1.165, 1.54) is 30.0 Å². The Hall–Kier alpha value is -3.63. The van der Waals surface area contributed by atoms with E-state index in [4.69, 9.17) is 11.6 Å². The molecule has 36 heavy (non-hydrogen) atoms. The van der Waals surface area contributed by atoms with Crippen LogP contribution in [0.25, 0.3) is 0 Å². The van der Waals surface area contributed by atoms with Gasteiger partial charge in [0.05, 0.1) is 37.3 Å². The van der Waals surface area contributed by atoms with Crippen LogP contribution in [-0.4, -0.2) is 31.5 Å². The van der Waals surface area contributed by atoms with Crippen molar-refractivity contribution in [2.75, 3.05) is 5.32 Å². The molecule has 2 N–H and O–H groups in total. The molecule has 3 aromatic rings. The minimum absolute atomic E-state index is 0.0109. The van der Waals surface area contributed by atoms with Crippen molar-refractivity contribution in [1.82, 2.24) is 0 Å². The maximum atomic E-state index is 11.8. The Bertz CT molecular complexity index is 1390. The molecule has 0 aromatic heterocycles. The van der Waals surface area contributed by atoms with Crippen LogP contribution in [0.4, 0.5) is 17.1 Å². The average Bonchev–Trinajstić information content (AvgIpc) is 3.19. The summed E-state index contributed by atoms with van der Waals surface area (Å²) in [5.74, 6) is -1.58. The lowest BCUT2D eigenvalue weighted by atomic mass is 9.76. The molecular weight excluding hydrogens is 506 g/mol. The lowest BCUT2D eigenvalue weighted by Gasteiger charge is -2.38. The van der Waals surface area contributed by atoms with E-state index in [0.29, 0.717) is 22.6 Å². The number of nitrogens with zero attached hydrogens (tertiary/aromatic N) is 2. The molecule has 1 aliphatic heterocycles. The smallest absolute Gasteiger partial charge is 0.335 e. The van der Waals surface area contributed by atoms with E-state index in [0.717, 1.165) is 5.56 Å². The van der Waals surface area contributed by atoms with Gasteiger partial charge < -0.3 is 10.4 Å². The molecule has 0 amide bonds. The fraction of sp³-hybridized carbons (Fsp3) is 0.240. The third-order valence-corrected chi connectivity index (χ3v) is 8.98. The molecular formula is C25H20ClN3O6S. The van der Waals surface area contributed by atoms with Crippen molar-refractivity contribution >= 4 is 46.4 Å². The zero-order valence-corrected chi connectivity index (χ0v) is 20.2. The number of nitrogens with one attached hydrogen (secondary N) is 1. The quantitative estimate of drug-likeness (QED) is 0.219. The van der Waals surface area contributed by atoms with Gasteiger partial charge in [0.25, 0.3) is 11.4 Å². The summed E-state index contributed by atoms with van der Waals surface area (Å²) < 4.78 is 0. The van der Waals surface area contributed by atoms with Gasteiger partial charge in [-0.1, -0.05) is 30.3 Å². The summed E-state index contributed by atoms with van der Waals surface area (Å²) in [6.45, 7) is 0. The number of nitro groups is 2. The number of carbonyl (C=O) groups is 1. The first-order valence-corrected chi connectivity index (χ1v) is 12.5. The molecule has 0 saturated heterocycles. The molecule has 1 saturated carbocycles. The van der Waals surface area contributed by atoms with Gasteiger partial charge in [-0.25, -0.2) is 4.79 Å². The number of fused-ring (bicyclic) bond motifs is 3. The highest BCUT2D eigenvalue weighted by molar-refractivity contribution is 8.00. The van der Waals surface area contributed by atoms with Crippen molar-refractivity contribution in [3.63, 3.8) is 0 Å². The molecule has 0 unspecified atom stereocenters. The highest BCUT2D eigenvalue weighted by Crippen LogP contribution is 2.58. The maximum Gasteiger partial charge on any atom is 0.335 e. The number of alkyl halides is 1. The highest BCUT2D eigenvalue weighted by Gasteiger charge is 2.51. The van der Waals surface area contributed by atoms with Crippen molar-refractivity contribution in [2.24, 2.45) is 5.92 Å². The van der Waals surface area contributed by atoms with Crippen LogP contribution >= 0.6 is 23.4 Å². The van der Waals surface area contributed by atoms with Crippen LogP contribution in [0.5, 0.6) is 0 Å². The maximum absolute atomic E-state index is 11.8. The van der Waals surface area contributed by atoms with Gasteiger partial charge in [-0.05, 0) is 42.2 Å². The number of carboxylic acids is 1. The highest BCUT2D eigenvalue weighted by atomic mass is 35.5. The summed E-state index contributed by atoms with van der Waals surface area (Å²) in [5.41, 5.74) is 2.03. The Morgan fingerprint density at radius 1 is 0.972 bits per heavy atom. The Labute approximate surface area is 214 Å². The number of hydrogen-bond donors (Lipinski definition) is 2. The Morgan fingerprint density at radius 2 is 1.64 bits per heavy atom. The zero-order valence-electron chi connectivity index (χ0n) is 18.6. The van der Waals surface area contributed by atoms with Gasteiger partial charge in [0, 0.05) is 29.0 Å². The van der Waals surface area contributed by atoms with Gasteiger partial charge in [-0.2, -0.15) is 0 Å². The molecule has 0 spiro atoms. The van der Waals surface area contributed by atoms with E-state index in [1.54, 1.807) is 48.5 Å². The first kappa shape index (κ1) is 24.1. The number of thioether (sulfide) groups is 1. The van der Waals surface area contributed by atoms with E-state index < -0.39 is 27.2 Å². The Kier molecular flexibility index (Phi) is 6.31. The lowest BCUT2D eigenvalue weighted by molar-refractivity contribution is -0.387. The predicted octanol–water partition coefficient (Wildman–Crippen LogP) is 6.24. The van der Waals surface area contributed by atoms with Gasteiger partial charge in [-0.15, -0.1) is 23.4 Å². The largest absolute Gasteiger partial charge is 0.478 e. The van der Waals surface area contributed by atoms with Gasteiger partial charge in [-0.3, -0.25) is 20.2 Å². The molecule has 3 aromatic carbocycles. The fourth-order valence-electron chi connectivity index (χ4n) is 5.34. The van der Waals surface area contributed by atoms with Gasteiger partial charge >= 0.3 is 5.97 Å². The summed E-state index contributed by atoms with van der Waals surface area (Å²) >= 11 is 8.37. The van der Waals surface area contributed by atoms with Crippen LogP contribution in [0.1, 0.15) is 39.9 Å². The number of anilines is 1. The van der Waals surface area contributed by atoms with Crippen molar-refractivity contribution in [2.45, 2.75) is 33.9 Å². The van der Waals surface area contributed by atoms with E-state index in [-0.39, 0.29) is 34.0 Å². The molecule has 1 fully saturated rings. The van der Waals surface area contributed by atoms with Crippen molar-refractivity contribution < 1.29 is 19.7 Å². The second kappa shape index (κ2) is 9.44. The molecule has 2 aliphatic rings. The average molecular weight is 526 g/mol. The second-order valence-corrected chi connectivity index (χ2v) is 10.6. The fourth-order valence-corrected chi connectivity index (χ4v) is 7.29. The number of halogens is 1. The topological polar surface area (TPSA) is 136 Å². The van der Waals surface area contributed by atoms with Crippen LogP contribution in [0.3, 0.4) is 0 Å². The standard InChI is InChI=1S/C25H20ClN3O6S/c26-23-21(36-20-8-4-3-7-19(20)29(34)35)12-16-22(23)15-11-13(25(30)31)9-10-17(15)27-24(16)14-5-1-2-6-18(14)28(32)33/h1-11,16,21-24,27H,12H2,(H,30,31)/t16-,21+,22-,23+,24+/m1/s1. The summed E-state index contributed by atoms with van der Waals surface area (Å²) in [7, 11) is 0. The van der Waals surface area contributed by atoms with Gasteiger partial charge in [0.15, 0.2) is 0 Å². The molecule has 1 heterocycles. The SMILES string of the molecule is O=C(O)c1ccc2c(c1)[C@H]1[C@@H](Cl)[C@@H](Sc3ccccc3[N+](=O)[O-])C[C@H]1[C@H](c1ccccc1[N+](=O)[O-])N2. The monoisotopic (exact) mass is 525 g/mol. The third-order valence-electron chi connectivity index (χ3n) is 6.87.